The second-order valence-corrected chi connectivity index (χ2v) is 6.96. The van der Waals surface area contributed by atoms with Gasteiger partial charge in [-0.3, -0.25) is 9.59 Å². The van der Waals surface area contributed by atoms with E-state index in [2.05, 4.69) is 5.16 Å². The van der Waals surface area contributed by atoms with Crippen LogP contribution >= 0.6 is 0 Å². The van der Waals surface area contributed by atoms with Gasteiger partial charge >= 0.3 is 0 Å². The van der Waals surface area contributed by atoms with E-state index >= 15 is 0 Å². The van der Waals surface area contributed by atoms with Crippen LogP contribution in [-0.4, -0.2) is 53.5 Å². The molecule has 0 spiro atoms. The maximum atomic E-state index is 13.4. The van der Waals surface area contributed by atoms with E-state index in [9.17, 15) is 18.4 Å². The molecule has 0 aromatic heterocycles. The summed E-state index contributed by atoms with van der Waals surface area (Å²) in [5.41, 5.74) is 1.41. The summed E-state index contributed by atoms with van der Waals surface area (Å²) in [5.74, 6) is -2.65. The Labute approximate surface area is 166 Å². The molecule has 2 aromatic rings. The molecule has 1 fully saturated rings. The van der Waals surface area contributed by atoms with E-state index in [0.29, 0.717) is 38.3 Å². The quantitative estimate of drug-likeness (QED) is 0.798. The molecule has 0 saturated carbocycles. The predicted molar refractivity (Wildman–Crippen MR) is 101 cm³/mol. The lowest BCUT2D eigenvalue weighted by atomic mass is 10.0. The number of halogens is 2. The van der Waals surface area contributed by atoms with E-state index in [1.54, 1.807) is 4.90 Å². The molecule has 0 N–H and O–H groups in total. The van der Waals surface area contributed by atoms with E-state index in [1.807, 2.05) is 30.3 Å². The molecule has 0 bridgehead atoms. The van der Waals surface area contributed by atoms with Crippen molar-refractivity contribution in [3.63, 3.8) is 0 Å². The van der Waals surface area contributed by atoms with Gasteiger partial charge in [0.15, 0.2) is 17.7 Å². The molecule has 2 aliphatic rings. The number of oxime groups is 1. The first-order valence-corrected chi connectivity index (χ1v) is 9.34. The van der Waals surface area contributed by atoms with Gasteiger partial charge in [-0.25, -0.2) is 8.78 Å². The summed E-state index contributed by atoms with van der Waals surface area (Å²) in [6.07, 6.45) is 0.128. The Morgan fingerprint density at radius 2 is 1.55 bits per heavy atom. The van der Waals surface area contributed by atoms with Crippen LogP contribution in [0.3, 0.4) is 0 Å². The first-order chi connectivity index (χ1) is 14.0. The van der Waals surface area contributed by atoms with Crippen LogP contribution in [0.5, 0.6) is 0 Å². The summed E-state index contributed by atoms with van der Waals surface area (Å²) in [6, 6.07) is 12.7. The zero-order valence-corrected chi connectivity index (χ0v) is 15.6. The van der Waals surface area contributed by atoms with Crippen LogP contribution < -0.4 is 0 Å². The van der Waals surface area contributed by atoms with Crippen molar-refractivity contribution in [3.8, 4) is 0 Å². The lowest BCUT2D eigenvalue weighted by molar-refractivity contribution is -0.125. The molecule has 4 rings (SSSR count). The molecule has 2 aliphatic heterocycles. The number of piperazine rings is 1. The SMILES string of the molecule is O=C(C1=NOC(c2ccccc2)C1)N1CCN(C(=O)c2ccc(F)c(F)c2)CC1. The summed E-state index contributed by atoms with van der Waals surface area (Å²) in [7, 11) is 0. The Hall–Kier alpha value is -3.29. The standard InChI is InChI=1S/C21H19F2N3O3/c22-16-7-6-15(12-17(16)23)20(27)25-8-10-26(11-9-25)21(28)18-13-19(29-24-18)14-4-2-1-3-5-14/h1-7,12,19H,8-11,13H2. The van der Waals surface area contributed by atoms with Crippen LogP contribution in [0.2, 0.25) is 0 Å². The van der Waals surface area contributed by atoms with Gasteiger partial charge in [-0.2, -0.15) is 0 Å². The average molecular weight is 399 g/mol. The zero-order chi connectivity index (χ0) is 20.4. The summed E-state index contributed by atoms with van der Waals surface area (Å²) < 4.78 is 26.4. The third-order valence-corrected chi connectivity index (χ3v) is 5.11. The number of carbonyl (C=O) groups excluding carboxylic acids is 2. The highest BCUT2D eigenvalue weighted by Crippen LogP contribution is 2.27. The zero-order valence-electron chi connectivity index (χ0n) is 15.6. The normalized spacial score (nSPS) is 19.0. The number of nitrogens with zero attached hydrogens (tertiary/aromatic N) is 3. The Morgan fingerprint density at radius 1 is 0.897 bits per heavy atom. The van der Waals surface area contributed by atoms with E-state index in [-0.39, 0.29) is 23.5 Å². The number of carbonyl (C=O) groups is 2. The van der Waals surface area contributed by atoms with Gasteiger partial charge in [0, 0.05) is 38.2 Å². The monoisotopic (exact) mass is 399 g/mol. The molecule has 8 heteroatoms. The minimum Gasteiger partial charge on any atom is -0.387 e. The summed E-state index contributed by atoms with van der Waals surface area (Å²) in [6.45, 7) is 1.28. The Morgan fingerprint density at radius 3 is 2.21 bits per heavy atom. The van der Waals surface area contributed by atoms with Gasteiger partial charge in [-0.05, 0) is 23.8 Å². The molecule has 2 amide bonds. The number of hydrogen-bond acceptors (Lipinski definition) is 4. The van der Waals surface area contributed by atoms with Gasteiger partial charge in [0.2, 0.25) is 0 Å². The minimum absolute atomic E-state index is 0.0861. The maximum Gasteiger partial charge on any atom is 0.271 e. The van der Waals surface area contributed by atoms with E-state index in [1.165, 1.54) is 11.0 Å². The van der Waals surface area contributed by atoms with Gasteiger partial charge in [0.25, 0.3) is 11.8 Å². The smallest absolute Gasteiger partial charge is 0.271 e. The van der Waals surface area contributed by atoms with Gasteiger partial charge < -0.3 is 14.6 Å². The molecular formula is C21H19F2N3O3. The summed E-state index contributed by atoms with van der Waals surface area (Å²) in [5, 5.41) is 3.96. The van der Waals surface area contributed by atoms with Crippen molar-refractivity contribution < 1.29 is 23.2 Å². The van der Waals surface area contributed by atoms with Gasteiger partial charge in [-0.1, -0.05) is 35.5 Å². The van der Waals surface area contributed by atoms with Crippen molar-refractivity contribution in [2.75, 3.05) is 26.2 Å². The highest BCUT2D eigenvalue weighted by atomic mass is 19.2. The van der Waals surface area contributed by atoms with E-state index < -0.39 is 11.6 Å². The van der Waals surface area contributed by atoms with Crippen molar-refractivity contribution in [2.24, 2.45) is 5.16 Å². The molecule has 1 unspecified atom stereocenters. The highest BCUT2D eigenvalue weighted by molar-refractivity contribution is 6.39. The fourth-order valence-corrected chi connectivity index (χ4v) is 3.46. The molecule has 0 radical (unpaired) electrons. The van der Waals surface area contributed by atoms with Gasteiger partial charge in [0.05, 0.1) is 0 Å². The van der Waals surface area contributed by atoms with Crippen molar-refractivity contribution in [1.29, 1.82) is 0 Å². The molecular weight excluding hydrogens is 380 g/mol. The third-order valence-electron chi connectivity index (χ3n) is 5.11. The Balaban J connectivity index is 1.33. The van der Waals surface area contributed by atoms with Gasteiger partial charge in [-0.15, -0.1) is 0 Å². The van der Waals surface area contributed by atoms with Crippen LogP contribution in [0.25, 0.3) is 0 Å². The topological polar surface area (TPSA) is 62.2 Å². The summed E-state index contributed by atoms with van der Waals surface area (Å²) in [4.78, 5) is 33.8. The lowest BCUT2D eigenvalue weighted by Gasteiger charge is -2.34. The molecule has 1 atom stereocenters. The predicted octanol–water partition coefficient (Wildman–Crippen LogP) is 2.77. The van der Waals surface area contributed by atoms with Crippen molar-refractivity contribution in [1.82, 2.24) is 9.80 Å². The largest absolute Gasteiger partial charge is 0.387 e. The second-order valence-electron chi connectivity index (χ2n) is 6.96. The molecule has 29 heavy (non-hydrogen) atoms. The molecule has 150 valence electrons. The van der Waals surface area contributed by atoms with Crippen LogP contribution in [0, 0.1) is 11.6 Å². The molecule has 6 nitrogen and oxygen atoms in total. The van der Waals surface area contributed by atoms with Crippen molar-refractivity contribution in [2.45, 2.75) is 12.5 Å². The number of hydrogen-bond donors (Lipinski definition) is 0. The highest BCUT2D eigenvalue weighted by Gasteiger charge is 2.32. The summed E-state index contributed by atoms with van der Waals surface area (Å²) >= 11 is 0. The number of benzene rings is 2. The fraction of sp³-hybridized carbons (Fsp3) is 0.286. The maximum absolute atomic E-state index is 13.4. The van der Waals surface area contributed by atoms with E-state index in [0.717, 1.165) is 17.7 Å². The van der Waals surface area contributed by atoms with Crippen LogP contribution in [-0.2, 0) is 9.63 Å². The van der Waals surface area contributed by atoms with Crippen molar-refractivity contribution >= 4 is 17.5 Å². The van der Waals surface area contributed by atoms with Crippen molar-refractivity contribution in [3.05, 3.63) is 71.3 Å². The first kappa shape index (κ1) is 19.0. The van der Waals surface area contributed by atoms with Crippen LogP contribution in [0.15, 0.2) is 53.7 Å². The Bertz CT molecular complexity index is 957. The average Bonchev–Trinajstić information content (AvgIpc) is 3.26. The second kappa shape index (κ2) is 7.98. The molecule has 1 saturated heterocycles. The molecule has 2 aromatic carbocycles. The fourth-order valence-electron chi connectivity index (χ4n) is 3.46. The number of rotatable bonds is 3. The van der Waals surface area contributed by atoms with Crippen LogP contribution in [0.4, 0.5) is 8.78 Å². The molecule has 2 heterocycles. The van der Waals surface area contributed by atoms with E-state index in [4.69, 9.17) is 4.84 Å². The van der Waals surface area contributed by atoms with Crippen LogP contribution in [0.1, 0.15) is 28.4 Å². The van der Waals surface area contributed by atoms with Gasteiger partial charge in [0.1, 0.15) is 5.71 Å². The number of amides is 2. The first-order valence-electron chi connectivity index (χ1n) is 9.34. The minimum atomic E-state index is -1.06. The third kappa shape index (κ3) is 3.96. The lowest BCUT2D eigenvalue weighted by Crippen LogP contribution is -2.52. The molecule has 0 aliphatic carbocycles. The Kier molecular flexibility index (Phi) is 5.24.